The minimum Gasteiger partial charge on any atom is -0.487 e. The number of aromatic nitrogens is 2. The summed E-state index contributed by atoms with van der Waals surface area (Å²) in [6.45, 7) is 12.3. The van der Waals surface area contributed by atoms with E-state index in [9.17, 15) is 0 Å². The Balaban J connectivity index is 2.16. The molecule has 26 heavy (non-hydrogen) atoms. The predicted octanol–water partition coefficient (Wildman–Crippen LogP) is 6.32. The molecule has 1 aromatic carbocycles. The first-order valence-corrected chi connectivity index (χ1v) is 9.91. The van der Waals surface area contributed by atoms with Gasteiger partial charge in [0.25, 0.3) is 0 Å². The fourth-order valence-electron chi connectivity index (χ4n) is 2.58. The van der Waals surface area contributed by atoms with Crippen LogP contribution in [0.2, 0.25) is 5.02 Å². The third-order valence-electron chi connectivity index (χ3n) is 3.67. The van der Waals surface area contributed by atoms with Crippen molar-refractivity contribution in [3.8, 4) is 17.1 Å². The molecule has 0 aliphatic carbocycles. The van der Waals surface area contributed by atoms with Gasteiger partial charge in [-0.25, -0.2) is 9.97 Å². The number of aryl methyl sites for hydroxylation is 1. The van der Waals surface area contributed by atoms with E-state index in [-0.39, 0.29) is 5.60 Å². The maximum atomic E-state index is 6.55. The number of pyridine rings is 1. The van der Waals surface area contributed by atoms with Gasteiger partial charge in [-0.2, -0.15) is 0 Å². The highest BCUT2D eigenvalue weighted by Gasteiger charge is 2.19. The van der Waals surface area contributed by atoms with Gasteiger partial charge in [0, 0.05) is 22.9 Å². The van der Waals surface area contributed by atoms with Crippen LogP contribution in [0.25, 0.3) is 22.3 Å². The van der Waals surface area contributed by atoms with Crippen molar-refractivity contribution in [3.63, 3.8) is 0 Å². The standard InChI is InChI=1S/C20H24ClN3OS/c1-11(2)22-19-24-15(10-26-19)14-9-16(25-20(4,5)6)13-8-7-12(3)17(21)18(13)23-14/h7-11H,1-6H3,(H,22,24). The van der Waals surface area contributed by atoms with Gasteiger partial charge in [-0.3, -0.25) is 0 Å². The summed E-state index contributed by atoms with van der Waals surface area (Å²) in [5, 5.41) is 7.78. The molecule has 0 fully saturated rings. The molecule has 4 nitrogen and oxygen atoms in total. The first kappa shape index (κ1) is 18.9. The summed E-state index contributed by atoms with van der Waals surface area (Å²) in [5.41, 5.74) is 2.99. The van der Waals surface area contributed by atoms with E-state index in [4.69, 9.17) is 21.3 Å². The quantitative estimate of drug-likeness (QED) is 0.567. The molecule has 2 heterocycles. The lowest BCUT2D eigenvalue weighted by Gasteiger charge is -2.23. The average Bonchev–Trinajstić information content (AvgIpc) is 2.97. The highest BCUT2D eigenvalue weighted by Crippen LogP contribution is 2.37. The number of benzene rings is 1. The Kier molecular flexibility index (Phi) is 5.13. The summed E-state index contributed by atoms with van der Waals surface area (Å²) in [7, 11) is 0. The second kappa shape index (κ2) is 7.05. The van der Waals surface area contributed by atoms with Crippen LogP contribution in [0.15, 0.2) is 23.6 Å². The SMILES string of the molecule is Cc1ccc2c(OC(C)(C)C)cc(-c3csc(NC(C)C)n3)nc2c1Cl. The lowest BCUT2D eigenvalue weighted by atomic mass is 10.1. The van der Waals surface area contributed by atoms with E-state index in [1.807, 2.05) is 51.3 Å². The van der Waals surface area contributed by atoms with E-state index in [2.05, 4.69) is 24.1 Å². The number of nitrogens with one attached hydrogen (secondary N) is 1. The van der Waals surface area contributed by atoms with E-state index in [0.717, 1.165) is 38.7 Å². The molecule has 2 aromatic heterocycles. The van der Waals surface area contributed by atoms with Crippen LogP contribution in [0.1, 0.15) is 40.2 Å². The van der Waals surface area contributed by atoms with Crippen LogP contribution in [0, 0.1) is 6.92 Å². The summed E-state index contributed by atoms with van der Waals surface area (Å²) in [6.07, 6.45) is 0. The van der Waals surface area contributed by atoms with Crippen LogP contribution < -0.4 is 10.1 Å². The molecule has 0 unspecified atom stereocenters. The monoisotopic (exact) mass is 389 g/mol. The number of fused-ring (bicyclic) bond motifs is 1. The van der Waals surface area contributed by atoms with Crippen molar-refractivity contribution < 1.29 is 4.74 Å². The molecule has 6 heteroatoms. The number of hydrogen-bond donors (Lipinski definition) is 1. The summed E-state index contributed by atoms with van der Waals surface area (Å²) in [6, 6.07) is 6.29. The summed E-state index contributed by atoms with van der Waals surface area (Å²) >= 11 is 8.12. The second-order valence-electron chi connectivity index (χ2n) is 7.65. The maximum Gasteiger partial charge on any atom is 0.183 e. The van der Waals surface area contributed by atoms with E-state index in [1.165, 1.54) is 0 Å². The summed E-state index contributed by atoms with van der Waals surface area (Å²) < 4.78 is 6.20. The van der Waals surface area contributed by atoms with Gasteiger partial charge < -0.3 is 10.1 Å². The summed E-state index contributed by atoms with van der Waals surface area (Å²) in [4.78, 5) is 9.46. The lowest BCUT2D eigenvalue weighted by molar-refractivity contribution is 0.133. The first-order valence-electron chi connectivity index (χ1n) is 8.65. The second-order valence-corrected chi connectivity index (χ2v) is 8.89. The van der Waals surface area contributed by atoms with Gasteiger partial charge in [-0.15, -0.1) is 11.3 Å². The smallest absolute Gasteiger partial charge is 0.183 e. The first-order chi connectivity index (χ1) is 12.1. The van der Waals surface area contributed by atoms with Crippen molar-refractivity contribution in [2.45, 2.75) is 53.2 Å². The minimum atomic E-state index is -0.324. The van der Waals surface area contributed by atoms with Gasteiger partial charge in [-0.05, 0) is 53.2 Å². The Bertz CT molecular complexity index is 944. The van der Waals surface area contributed by atoms with Crippen LogP contribution in [0.4, 0.5) is 5.13 Å². The number of hydrogen-bond acceptors (Lipinski definition) is 5. The molecule has 0 aliphatic rings. The molecule has 0 atom stereocenters. The van der Waals surface area contributed by atoms with Crippen LogP contribution in [0.5, 0.6) is 5.75 Å². The molecule has 0 spiro atoms. The molecular weight excluding hydrogens is 366 g/mol. The Morgan fingerprint density at radius 3 is 2.54 bits per heavy atom. The molecular formula is C20H24ClN3OS. The third-order valence-corrected chi connectivity index (χ3v) is 4.92. The van der Waals surface area contributed by atoms with Crippen molar-refractivity contribution in [1.82, 2.24) is 9.97 Å². The zero-order valence-corrected chi connectivity index (χ0v) is 17.5. The number of anilines is 1. The molecule has 138 valence electrons. The molecule has 0 saturated heterocycles. The average molecular weight is 390 g/mol. The topological polar surface area (TPSA) is 47.0 Å². The van der Waals surface area contributed by atoms with Crippen LogP contribution in [-0.2, 0) is 0 Å². The van der Waals surface area contributed by atoms with Crippen molar-refractivity contribution in [2.24, 2.45) is 0 Å². The predicted molar refractivity (Wildman–Crippen MR) is 112 cm³/mol. The molecule has 3 aromatic rings. The molecule has 0 radical (unpaired) electrons. The Hall–Kier alpha value is -1.85. The van der Waals surface area contributed by atoms with E-state index in [0.29, 0.717) is 11.1 Å². The van der Waals surface area contributed by atoms with Gasteiger partial charge >= 0.3 is 0 Å². The van der Waals surface area contributed by atoms with Gasteiger partial charge in [0.15, 0.2) is 5.13 Å². The Labute approximate surface area is 163 Å². The van der Waals surface area contributed by atoms with E-state index < -0.39 is 0 Å². The van der Waals surface area contributed by atoms with Gasteiger partial charge in [-0.1, -0.05) is 17.7 Å². The molecule has 0 aliphatic heterocycles. The number of nitrogens with zero attached hydrogens (tertiary/aromatic N) is 2. The van der Waals surface area contributed by atoms with Gasteiger partial charge in [0.2, 0.25) is 0 Å². The number of thiazole rings is 1. The lowest BCUT2D eigenvalue weighted by Crippen LogP contribution is -2.23. The zero-order chi connectivity index (χ0) is 19.1. The van der Waals surface area contributed by atoms with Gasteiger partial charge in [0.05, 0.1) is 16.2 Å². The normalized spacial score (nSPS) is 12.0. The number of ether oxygens (including phenoxy) is 1. The Morgan fingerprint density at radius 2 is 1.88 bits per heavy atom. The largest absolute Gasteiger partial charge is 0.487 e. The highest BCUT2D eigenvalue weighted by molar-refractivity contribution is 7.14. The van der Waals surface area contributed by atoms with Crippen molar-refractivity contribution in [1.29, 1.82) is 0 Å². The van der Waals surface area contributed by atoms with Crippen molar-refractivity contribution >= 4 is 39.0 Å². The van der Waals surface area contributed by atoms with E-state index >= 15 is 0 Å². The number of halogens is 1. The molecule has 0 bridgehead atoms. The molecule has 0 amide bonds. The molecule has 3 rings (SSSR count). The fourth-order valence-corrected chi connectivity index (χ4v) is 3.64. The third kappa shape index (κ3) is 4.10. The Morgan fingerprint density at radius 1 is 1.15 bits per heavy atom. The zero-order valence-electron chi connectivity index (χ0n) is 16.0. The van der Waals surface area contributed by atoms with Crippen LogP contribution >= 0.6 is 22.9 Å². The van der Waals surface area contributed by atoms with E-state index in [1.54, 1.807) is 11.3 Å². The highest BCUT2D eigenvalue weighted by atomic mass is 35.5. The fraction of sp³-hybridized carbons (Fsp3) is 0.400. The minimum absolute atomic E-state index is 0.324. The molecule has 0 saturated carbocycles. The van der Waals surface area contributed by atoms with Crippen LogP contribution in [0.3, 0.4) is 0 Å². The van der Waals surface area contributed by atoms with Crippen molar-refractivity contribution in [3.05, 3.63) is 34.2 Å². The van der Waals surface area contributed by atoms with Gasteiger partial charge in [0.1, 0.15) is 17.0 Å². The number of rotatable bonds is 4. The van der Waals surface area contributed by atoms with Crippen LogP contribution in [-0.4, -0.2) is 21.6 Å². The summed E-state index contributed by atoms with van der Waals surface area (Å²) in [5.74, 6) is 0.769. The maximum absolute atomic E-state index is 6.55. The van der Waals surface area contributed by atoms with Crippen molar-refractivity contribution in [2.75, 3.05) is 5.32 Å². The molecule has 1 N–H and O–H groups in total.